The van der Waals surface area contributed by atoms with Gasteiger partial charge in [-0.25, -0.2) is 0 Å². The number of tetrazole rings is 1. The van der Waals surface area contributed by atoms with E-state index in [1.807, 2.05) is 27.8 Å². The minimum Gasteiger partial charge on any atom is -0.387 e. The number of fused-ring (bicyclic) bond motifs is 1. The Bertz CT molecular complexity index is 959. The first-order valence-corrected chi connectivity index (χ1v) is 8.89. The van der Waals surface area contributed by atoms with E-state index < -0.39 is 6.10 Å². The Kier molecular flexibility index (Phi) is 4.44. The molecule has 1 atom stereocenters. The van der Waals surface area contributed by atoms with E-state index >= 15 is 0 Å². The van der Waals surface area contributed by atoms with Crippen LogP contribution < -0.4 is 0 Å². The van der Waals surface area contributed by atoms with Crippen LogP contribution in [0.2, 0.25) is 0 Å². The molecule has 0 bridgehead atoms. The number of rotatable bonds is 3. The molecule has 0 spiro atoms. The lowest BCUT2D eigenvalue weighted by molar-refractivity contribution is 0.0746. The molecule has 1 aliphatic rings. The average molecular weight is 367 g/mol. The lowest BCUT2D eigenvalue weighted by atomic mass is 10.1. The van der Waals surface area contributed by atoms with Gasteiger partial charge in [-0.15, -0.1) is 10.2 Å². The number of amides is 1. The van der Waals surface area contributed by atoms with Gasteiger partial charge in [0.25, 0.3) is 5.91 Å². The van der Waals surface area contributed by atoms with Crippen LogP contribution >= 0.6 is 0 Å². The standard InChI is InChI=1S/C18H21N7O2/c1-12(26)16-10-15-11-24(8-3-9-25(15)20-16)18(27)14-6-4-13(5-7-14)17-19-22-23(2)21-17/h4-7,10,12,26H,3,8-9,11H2,1-2H3/t12-/m1/s1. The number of carbonyl (C=O) groups excluding carboxylic acids is 1. The molecule has 3 heterocycles. The first-order valence-electron chi connectivity index (χ1n) is 8.89. The third-order valence-corrected chi connectivity index (χ3v) is 4.65. The Morgan fingerprint density at radius 2 is 1.96 bits per heavy atom. The van der Waals surface area contributed by atoms with Crippen LogP contribution in [0, 0.1) is 0 Å². The van der Waals surface area contributed by atoms with Crippen LogP contribution in [0.25, 0.3) is 11.4 Å². The summed E-state index contributed by atoms with van der Waals surface area (Å²) in [6, 6.07) is 9.11. The van der Waals surface area contributed by atoms with Gasteiger partial charge in [-0.3, -0.25) is 9.48 Å². The molecular weight excluding hydrogens is 346 g/mol. The van der Waals surface area contributed by atoms with Crippen molar-refractivity contribution in [3.63, 3.8) is 0 Å². The van der Waals surface area contributed by atoms with Crippen molar-refractivity contribution in [1.82, 2.24) is 34.9 Å². The van der Waals surface area contributed by atoms with Crippen LogP contribution in [0.3, 0.4) is 0 Å². The second kappa shape index (κ2) is 6.92. The number of hydrogen-bond acceptors (Lipinski definition) is 6. The van der Waals surface area contributed by atoms with Crippen molar-refractivity contribution < 1.29 is 9.90 Å². The Balaban J connectivity index is 1.53. The minimum absolute atomic E-state index is 0.0260. The van der Waals surface area contributed by atoms with E-state index in [9.17, 15) is 9.90 Å². The normalized spacial score (nSPS) is 15.3. The SMILES string of the molecule is C[C@@H](O)c1cc2n(n1)CCCN(C(=O)c1ccc(-c3nnn(C)n3)cc1)C2. The topological polar surface area (TPSA) is 102 Å². The molecule has 27 heavy (non-hydrogen) atoms. The molecule has 0 radical (unpaired) electrons. The Hall–Kier alpha value is -3.07. The summed E-state index contributed by atoms with van der Waals surface area (Å²) >= 11 is 0. The van der Waals surface area contributed by atoms with E-state index in [1.165, 1.54) is 4.80 Å². The predicted molar refractivity (Wildman–Crippen MR) is 96.5 cm³/mol. The van der Waals surface area contributed by atoms with Crippen molar-refractivity contribution in [2.45, 2.75) is 32.5 Å². The Morgan fingerprint density at radius 3 is 2.63 bits per heavy atom. The summed E-state index contributed by atoms with van der Waals surface area (Å²) in [4.78, 5) is 16.2. The largest absolute Gasteiger partial charge is 0.387 e. The maximum absolute atomic E-state index is 13.0. The fourth-order valence-corrected chi connectivity index (χ4v) is 3.21. The van der Waals surface area contributed by atoms with E-state index in [2.05, 4.69) is 20.5 Å². The summed E-state index contributed by atoms with van der Waals surface area (Å²) < 4.78 is 1.89. The minimum atomic E-state index is -0.615. The van der Waals surface area contributed by atoms with E-state index in [1.54, 1.807) is 26.1 Å². The number of aromatic nitrogens is 6. The highest BCUT2D eigenvalue weighted by Crippen LogP contribution is 2.20. The van der Waals surface area contributed by atoms with Gasteiger partial charge in [0, 0.05) is 24.2 Å². The van der Waals surface area contributed by atoms with Crippen molar-refractivity contribution in [2.24, 2.45) is 7.05 Å². The number of carbonyl (C=O) groups is 1. The van der Waals surface area contributed by atoms with Crippen LogP contribution in [0.15, 0.2) is 30.3 Å². The van der Waals surface area contributed by atoms with E-state index in [0.717, 1.165) is 24.2 Å². The van der Waals surface area contributed by atoms with Gasteiger partial charge in [0.2, 0.25) is 5.82 Å². The monoisotopic (exact) mass is 367 g/mol. The van der Waals surface area contributed by atoms with Gasteiger partial charge in [0.15, 0.2) is 0 Å². The molecule has 1 aromatic carbocycles. The van der Waals surface area contributed by atoms with E-state index in [0.29, 0.717) is 30.2 Å². The zero-order chi connectivity index (χ0) is 19.0. The van der Waals surface area contributed by atoms with Gasteiger partial charge in [-0.05, 0) is 36.8 Å². The molecule has 0 unspecified atom stereocenters. The molecule has 3 aromatic rings. The van der Waals surface area contributed by atoms with Crippen LogP contribution in [-0.4, -0.2) is 52.4 Å². The predicted octanol–water partition coefficient (Wildman–Crippen LogP) is 1.17. The molecule has 1 amide bonds. The highest BCUT2D eigenvalue weighted by atomic mass is 16.3. The lowest BCUT2D eigenvalue weighted by Gasteiger charge is -2.20. The zero-order valence-electron chi connectivity index (χ0n) is 15.3. The third kappa shape index (κ3) is 3.45. The smallest absolute Gasteiger partial charge is 0.254 e. The molecule has 1 N–H and O–H groups in total. The molecule has 9 nitrogen and oxygen atoms in total. The molecule has 0 saturated carbocycles. The maximum atomic E-state index is 13.0. The summed E-state index contributed by atoms with van der Waals surface area (Å²) in [6.45, 7) is 3.58. The molecular formula is C18H21N7O2. The molecule has 0 aliphatic carbocycles. The van der Waals surface area contributed by atoms with Gasteiger partial charge in [0.05, 0.1) is 31.1 Å². The van der Waals surface area contributed by atoms with Crippen molar-refractivity contribution >= 4 is 5.91 Å². The fraction of sp³-hybridized carbons (Fsp3) is 0.389. The maximum Gasteiger partial charge on any atom is 0.254 e. The van der Waals surface area contributed by atoms with Crippen molar-refractivity contribution in [3.05, 3.63) is 47.3 Å². The Labute approximate surface area is 156 Å². The number of benzene rings is 1. The molecule has 0 fully saturated rings. The van der Waals surface area contributed by atoms with Gasteiger partial charge >= 0.3 is 0 Å². The van der Waals surface area contributed by atoms with Gasteiger partial charge in [-0.2, -0.15) is 9.90 Å². The van der Waals surface area contributed by atoms with Crippen molar-refractivity contribution in [3.8, 4) is 11.4 Å². The highest BCUT2D eigenvalue weighted by molar-refractivity contribution is 5.94. The second-order valence-corrected chi connectivity index (χ2v) is 6.72. The van der Waals surface area contributed by atoms with Gasteiger partial charge < -0.3 is 10.0 Å². The van der Waals surface area contributed by atoms with Gasteiger partial charge in [-0.1, -0.05) is 12.1 Å². The fourth-order valence-electron chi connectivity index (χ4n) is 3.21. The summed E-state index contributed by atoms with van der Waals surface area (Å²) in [6.07, 6.45) is 0.206. The highest BCUT2D eigenvalue weighted by Gasteiger charge is 2.22. The molecule has 4 rings (SSSR count). The molecule has 140 valence electrons. The number of aliphatic hydroxyl groups is 1. The summed E-state index contributed by atoms with van der Waals surface area (Å²) in [5, 5.41) is 26.1. The first kappa shape index (κ1) is 17.3. The number of aryl methyl sites for hydroxylation is 2. The molecule has 1 aliphatic heterocycles. The van der Waals surface area contributed by atoms with Crippen molar-refractivity contribution in [2.75, 3.05) is 6.54 Å². The zero-order valence-corrected chi connectivity index (χ0v) is 15.3. The number of hydrogen-bond donors (Lipinski definition) is 1. The second-order valence-electron chi connectivity index (χ2n) is 6.72. The van der Waals surface area contributed by atoms with E-state index in [-0.39, 0.29) is 5.91 Å². The van der Waals surface area contributed by atoms with Gasteiger partial charge in [0.1, 0.15) is 0 Å². The summed E-state index contributed by atoms with van der Waals surface area (Å²) in [5.41, 5.74) is 3.01. The molecule has 2 aromatic heterocycles. The lowest BCUT2D eigenvalue weighted by Crippen LogP contribution is -2.30. The quantitative estimate of drug-likeness (QED) is 0.746. The first-order chi connectivity index (χ1) is 13.0. The number of nitrogens with zero attached hydrogens (tertiary/aromatic N) is 7. The summed E-state index contributed by atoms with van der Waals surface area (Å²) in [7, 11) is 1.71. The van der Waals surface area contributed by atoms with Crippen LogP contribution in [0.4, 0.5) is 0 Å². The van der Waals surface area contributed by atoms with Crippen LogP contribution in [-0.2, 0) is 20.1 Å². The average Bonchev–Trinajstić information content (AvgIpc) is 3.22. The third-order valence-electron chi connectivity index (χ3n) is 4.65. The summed E-state index contributed by atoms with van der Waals surface area (Å²) in [5.74, 6) is 0.503. The van der Waals surface area contributed by atoms with E-state index in [4.69, 9.17) is 0 Å². The number of aliphatic hydroxyl groups excluding tert-OH is 1. The van der Waals surface area contributed by atoms with Crippen molar-refractivity contribution in [1.29, 1.82) is 0 Å². The van der Waals surface area contributed by atoms with Crippen LogP contribution in [0.5, 0.6) is 0 Å². The molecule has 9 heteroatoms. The van der Waals surface area contributed by atoms with Crippen LogP contribution in [0.1, 0.15) is 41.2 Å². The molecule has 0 saturated heterocycles. The Morgan fingerprint density at radius 1 is 1.19 bits per heavy atom.